The zero-order valence-electron chi connectivity index (χ0n) is 14.9. The van der Waals surface area contributed by atoms with Gasteiger partial charge in [-0.05, 0) is 30.9 Å². The van der Waals surface area contributed by atoms with E-state index < -0.39 is 0 Å². The molecular weight excluding hydrogens is 348 g/mol. The van der Waals surface area contributed by atoms with Crippen molar-refractivity contribution >= 4 is 18.0 Å². The first kappa shape index (κ1) is 18.0. The van der Waals surface area contributed by atoms with Gasteiger partial charge in [0.25, 0.3) is 0 Å². The predicted molar refractivity (Wildman–Crippen MR) is 103 cm³/mol. The molecule has 0 aliphatic rings. The molecule has 3 aromatic rings. The Balaban J connectivity index is 1.89. The molecule has 0 amide bonds. The number of rotatable bonds is 7. The van der Waals surface area contributed by atoms with Crippen molar-refractivity contribution in [1.29, 1.82) is 0 Å². The van der Waals surface area contributed by atoms with E-state index in [1.807, 2.05) is 61.7 Å². The van der Waals surface area contributed by atoms with Gasteiger partial charge in [0, 0.05) is 5.56 Å². The summed E-state index contributed by atoms with van der Waals surface area (Å²) in [4.78, 5) is 0. The normalized spacial score (nSPS) is 11.0. The highest BCUT2D eigenvalue weighted by Crippen LogP contribution is 2.31. The average Bonchev–Trinajstić information content (AvgIpc) is 3.05. The van der Waals surface area contributed by atoms with Crippen molar-refractivity contribution in [2.24, 2.45) is 5.10 Å². The van der Waals surface area contributed by atoms with Crippen LogP contribution in [-0.2, 0) is 6.61 Å². The highest BCUT2D eigenvalue weighted by Gasteiger charge is 2.11. The highest BCUT2D eigenvalue weighted by atomic mass is 32.2. The number of methoxy groups -OCH3 is 1. The van der Waals surface area contributed by atoms with Crippen molar-refractivity contribution in [3.05, 3.63) is 65.5 Å². The third kappa shape index (κ3) is 4.05. The van der Waals surface area contributed by atoms with Crippen LogP contribution >= 0.6 is 11.8 Å². The molecule has 0 fully saturated rings. The van der Waals surface area contributed by atoms with Crippen molar-refractivity contribution in [2.75, 3.05) is 13.4 Å². The number of aromatic nitrogens is 3. The topological polar surface area (TPSA) is 61.5 Å². The van der Waals surface area contributed by atoms with Crippen molar-refractivity contribution in [3.8, 4) is 11.5 Å². The van der Waals surface area contributed by atoms with Gasteiger partial charge >= 0.3 is 0 Å². The Morgan fingerprint density at radius 3 is 2.65 bits per heavy atom. The first-order valence-electron chi connectivity index (χ1n) is 8.07. The lowest BCUT2D eigenvalue weighted by molar-refractivity contribution is 0.284. The molecular formula is C19H20N4O2S. The Morgan fingerprint density at radius 2 is 1.92 bits per heavy atom. The van der Waals surface area contributed by atoms with Crippen LogP contribution in [0, 0.1) is 6.92 Å². The lowest BCUT2D eigenvalue weighted by Gasteiger charge is -2.13. The first-order chi connectivity index (χ1) is 12.7. The second-order valence-corrected chi connectivity index (χ2v) is 6.22. The number of thioether (sulfide) groups is 1. The maximum Gasteiger partial charge on any atom is 0.211 e. The Morgan fingerprint density at radius 1 is 1.12 bits per heavy atom. The Bertz CT molecular complexity index is 894. The van der Waals surface area contributed by atoms with Crippen LogP contribution in [0.5, 0.6) is 11.5 Å². The summed E-state index contributed by atoms with van der Waals surface area (Å²) in [5.41, 5.74) is 1.90. The van der Waals surface area contributed by atoms with Gasteiger partial charge in [-0.3, -0.25) is 0 Å². The molecule has 0 saturated heterocycles. The Hall–Kier alpha value is -2.80. The van der Waals surface area contributed by atoms with Crippen molar-refractivity contribution in [1.82, 2.24) is 14.9 Å². The molecule has 0 radical (unpaired) electrons. The molecule has 0 spiro atoms. The molecule has 0 atom stereocenters. The summed E-state index contributed by atoms with van der Waals surface area (Å²) in [5, 5.41) is 13.4. The summed E-state index contributed by atoms with van der Waals surface area (Å²) >= 11 is 1.49. The van der Waals surface area contributed by atoms with Crippen LogP contribution in [0.2, 0.25) is 0 Å². The number of aryl methyl sites for hydroxylation is 1. The van der Waals surface area contributed by atoms with Crippen LogP contribution in [0.15, 0.2) is 58.8 Å². The quantitative estimate of drug-likeness (QED) is 0.469. The second kappa shape index (κ2) is 8.53. The van der Waals surface area contributed by atoms with Gasteiger partial charge in [-0.2, -0.15) is 9.78 Å². The standard InChI is InChI=1S/C19H20N4O2S/c1-14-21-22-19(26-3)23(14)20-12-16-10-7-11-17(24-2)18(16)25-13-15-8-5-4-6-9-15/h4-12H,13H2,1-3H3/b20-12-. The maximum atomic E-state index is 6.04. The van der Waals surface area contributed by atoms with E-state index in [2.05, 4.69) is 15.3 Å². The number of hydrogen-bond acceptors (Lipinski definition) is 6. The molecule has 3 rings (SSSR count). The smallest absolute Gasteiger partial charge is 0.211 e. The van der Waals surface area contributed by atoms with Crippen LogP contribution in [0.1, 0.15) is 17.0 Å². The third-order valence-corrected chi connectivity index (χ3v) is 4.34. The molecule has 0 aliphatic carbocycles. The average molecular weight is 368 g/mol. The highest BCUT2D eigenvalue weighted by molar-refractivity contribution is 7.98. The van der Waals surface area contributed by atoms with Crippen LogP contribution in [0.25, 0.3) is 0 Å². The van der Waals surface area contributed by atoms with E-state index >= 15 is 0 Å². The molecule has 0 aliphatic heterocycles. The number of hydrogen-bond donors (Lipinski definition) is 0. The molecule has 1 aromatic heterocycles. The van der Waals surface area contributed by atoms with E-state index in [0.717, 1.165) is 22.1 Å². The lowest BCUT2D eigenvalue weighted by Crippen LogP contribution is -2.02. The molecule has 0 N–H and O–H groups in total. The van der Waals surface area contributed by atoms with Crippen LogP contribution < -0.4 is 9.47 Å². The number of benzene rings is 2. The van der Waals surface area contributed by atoms with Gasteiger partial charge in [-0.25, -0.2) is 0 Å². The summed E-state index contributed by atoms with van der Waals surface area (Å²) in [5.74, 6) is 2.04. The summed E-state index contributed by atoms with van der Waals surface area (Å²) in [6.45, 7) is 2.31. The number of para-hydroxylation sites is 1. The largest absolute Gasteiger partial charge is 0.493 e. The minimum absolute atomic E-state index is 0.448. The molecule has 1 heterocycles. The molecule has 134 valence electrons. The zero-order chi connectivity index (χ0) is 18.4. The molecule has 0 bridgehead atoms. The molecule has 2 aromatic carbocycles. The van der Waals surface area contributed by atoms with Crippen LogP contribution in [-0.4, -0.2) is 34.5 Å². The molecule has 0 unspecified atom stereocenters. The summed E-state index contributed by atoms with van der Waals surface area (Å²) in [7, 11) is 1.63. The summed E-state index contributed by atoms with van der Waals surface area (Å²) in [6, 6.07) is 15.7. The summed E-state index contributed by atoms with van der Waals surface area (Å²) < 4.78 is 13.2. The monoisotopic (exact) mass is 368 g/mol. The lowest BCUT2D eigenvalue weighted by atomic mass is 10.2. The van der Waals surface area contributed by atoms with Crippen molar-refractivity contribution < 1.29 is 9.47 Å². The Kier molecular flexibility index (Phi) is 5.91. The van der Waals surface area contributed by atoms with Gasteiger partial charge in [0.15, 0.2) is 17.3 Å². The van der Waals surface area contributed by atoms with E-state index in [0.29, 0.717) is 18.1 Å². The van der Waals surface area contributed by atoms with E-state index in [4.69, 9.17) is 9.47 Å². The number of ether oxygens (including phenoxy) is 2. The van der Waals surface area contributed by atoms with Gasteiger partial charge in [0.05, 0.1) is 13.3 Å². The Labute approximate surface area is 156 Å². The molecule has 7 heteroatoms. The third-order valence-electron chi connectivity index (χ3n) is 3.72. The first-order valence-corrected chi connectivity index (χ1v) is 9.29. The minimum Gasteiger partial charge on any atom is -0.493 e. The predicted octanol–water partition coefficient (Wildman–Crippen LogP) is 3.78. The van der Waals surface area contributed by atoms with E-state index in [-0.39, 0.29) is 0 Å². The number of nitrogens with zero attached hydrogens (tertiary/aromatic N) is 4. The maximum absolute atomic E-state index is 6.04. The van der Waals surface area contributed by atoms with Crippen LogP contribution in [0.4, 0.5) is 0 Å². The zero-order valence-corrected chi connectivity index (χ0v) is 15.7. The fraction of sp³-hybridized carbons (Fsp3) is 0.211. The van der Waals surface area contributed by atoms with Gasteiger partial charge < -0.3 is 9.47 Å². The van der Waals surface area contributed by atoms with E-state index in [1.54, 1.807) is 18.0 Å². The summed E-state index contributed by atoms with van der Waals surface area (Å²) in [6.07, 6.45) is 3.67. The van der Waals surface area contributed by atoms with Gasteiger partial charge in [0.2, 0.25) is 5.16 Å². The van der Waals surface area contributed by atoms with Gasteiger partial charge in [-0.15, -0.1) is 10.2 Å². The second-order valence-electron chi connectivity index (χ2n) is 5.44. The fourth-order valence-corrected chi connectivity index (χ4v) is 2.87. The molecule has 6 nitrogen and oxygen atoms in total. The van der Waals surface area contributed by atoms with Gasteiger partial charge in [-0.1, -0.05) is 48.2 Å². The van der Waals surface area contributed by atoms with Gasteiger partial charge in [0.1, 0.15) is 6.61 Å². The minimum atomic E-state index is 0.448. The molecule has 26 heavy (non-hydrogen) atoms. The van der Waals surface area contributed by atoms with Crippen LogP contribution in [0.3, 0.4) is 0 Å². The van der Waals surface area contributed by atoms with Crippen molar-refractivity contribution in [2.45, 2.75) is 18.7 Å². The van der Waals surface area contributed by atoms with Crippen molar-refractivity contribution in [3.63, 3.8) is 0 Å². The molecule has 0 saturated carbocycles. The van der Waals surface area contributed by atoms with E-state index in [1.165, 1.54) is 11.8 Å². The SMILES string of the molecule is COc1cccc(/C=N\n2c(C)nnc2SC)c1OCc1ccccc1. The van der Waals surface area contributed by atoms with E-state index in [9.17, 15) is 0 Å². The fourth-order valence-electron chi connectivity index (χ4n) is 2.40.